The molecule has 2 aromatic heterocycles. The summed E-state index contributed by atoms with van der Waals surface area (Å²) in [7, 11) is 0. The number of aryl methyl sites for hydroxylation is 1. The van der Waals surface area contributed by atoms with E-state index in [0.717, 1.165) is 29.2 Å². The van der Waals surface area contributed by atoms with Crippen LogP contribution in [0.15, 0.2) is 12.4 Å². The molecule has 0 aliphatic carbocycles. The topological polar surface area (TPSA) is 81.7 Å². The summed E-state index contributed by atoms with van der Waals surface area (Å²) in [4.78, 5) is 0.740. The lowest BCUT2D eigenvalue weighted by Gasteiger charge is -2.21. The normalized spacial score (nSPS) is 12.8. The van der Waals surface area contributed by atoms with Crippen molar-refractivity contribution in [3.8, 4) is 0 Å². The molecule has 110 valence electrons. The van der Waals surface area contributed by atoms with Crippen LogP contribution < -0.4 is 0 Å². The number of aromatic nitrogens is 6. The highest BCUT2D eigenvalue weighted by atomic mass is 16.5. The number of hydrogen-bond donors (Lipinski definition) is 1. The van der Waals surface area contributed by atoms with Gasteiger partial charge in [-0.15, -0.1) is 10.2 Å². The number of nitrogens with zero attached hydrogens (tertiary/aromatic N) is 6. The van der Waals surface area contributed by atoms with Crippen molar-refractivity contribution in [3.05, 3.63) is 23.8 Å². The molecule has 0 radical (unpaired) electrons. The van der Waals surface area contributed by atoms with Crippen molar-refractivity contribution in [2.75, 3.05) is 0 Å². The second-order valence-electron chi connectivity index (χ2n) is 6.77. The molecule has 0 amide bonds. The minimum atomic E-state index is -0.186. The minimum Gasteiger partial charge on any atom is -0.411 e. The van der Waals surface area contributed by atoms with Crippen molar-refractivity contribution >= 4 is 0 Å². The number of rotatable bonds is 4. The van der Waals surface area contributed by atoms with E-state index in [2.05, 4.69) is 55.2 Å². The van der Waals surface area contributed by atoms with Gasteiger partial charge in [0.1, 0.15) is 0 Å². The van der Waals surface area contributed by atoms with Crippen LogP contribution >= 0.6 is 0 Å². The molecule has 2 heterocycles. The van der Waals surface area contributed by atoms with Gasteiger partial charge in [-0.3, -0.25) is 4.68 Å². The summed E-state index contributed by atoms with van der Waals surface area (Å²) in [5, 5.41) is 25.1. The predicted molar refractivity (Wildman–Crippen MR) is 73.6 cm³/mol. The van der Waals surface area contributed by atoms with Crippen molar-refractivity contribution in [1.82, 2.24) is 30.2 Å². The third-order valence-corrected chi connectivity index (χ3v) is 3.45. The van der Waals surface area contributed by atoms with Gasteiger partial charge in [0.2, 0.25) is 0 Å². The molecular weight excluding hydrogens is 256 g/mol. The molecule has 7 nitrogen and oxygen atoms in total. The fourth-order valence-corrected chi connectivity index (χ4v) is 1.84. The standard InChI is InChI=1S/C13H22N6O/c1-12(2,3)10-8-18(16-14-10)7-6-13(4,5)11-9-19(20)17-15-11/h8-9,20H,6-7H2,1-5H3. The van der Waals surface area contributed by atoms with E-state index in [9.17, 15) is 5.21 Å². The lowest BCUT2D eigenvalue weighted by Crippen LogP contribution is -2.20. The van der Waals surface area contributed by atoms with E-state index in [1.807, 2.05) is 10.9 Å². The Hall–Kier alpha value is -1.92. The van der Waals surface area contributed by atoms with Gasteiger partial charge in [0.05, 0.1) is 17.6 Å². The Morgan fingerprint density at radius 3 is 2.15 bits per heavy atom. The molecule has 0 fully saturated rings. The summed E-state index contributed by atoms with van der Waals surface area (Å²) < 4.78 is 1.85. The average molecular weight is 278 g/mol. The summed E-state index contributed by atoms with van der Waals surface area (Å²) in [6, 6.07) is 0. The van der Waals surface area contributed by atoms with Crippen LogP contribution in [0, 0.1) is 0 Å². The van der Waals surface area contributed by atoms with Gasteiger partial charge in [-0.1, -0.05) is 44.7 Å². The third-order valence-electron chi connectivity index (χ3n) is 3.45. The zero-order valence-electron chi connectivity index (χ0n) is 12.7. The SMILES string of the molecule is CC(C)(C)c1cn(CCC(C)(C)c2cn(O)nn2)nn1. The molecule has 0 spiro atoms. The Labute approximate surface area is 118 Å². The third kappa shape index (κ3) is 3.15. The monoisotopic (exact) mass is 278 g/mol. The van der Waals surface area contributed by atoms with Crippen LogP contribution in [0.3, 0.4) is 0 Å². The first kappa shape index (κ1) is 14.5. The Morgan fingerprint density at radius 1 is 1.00 bits per heavy atom. The summed E-state index contributed by atoms with van der Waals surface area (Å²) in [5.41, 5.74) is 1.56. The van der Waals surface area contributed by atoms with E-state index in [1.54, 1.807) is 0 Å². The Bertz CT molecular complexity index is 578. The van der Waals surface area contributed by atoms with Crippen LogP contribution in [0.1, 0.15) is 52.4 Å². The molecule has 0 saturated heterocycles. The maximum Gasteiger partial charge on any atom is 0.0921 e. The van der Waals surface area contributed by atoms with E-state index < -0.39 is 0 Å². The first-order valence-electron chi connectivity index (χ1n) is 6.71. The van der Waals surface area contributed by atoms with Crippen LogP contribution in [-0.4, -0.2) is 35.4 Å². The molecule has 1 N–H and O–H groups in total. The van der Waals surface area contributed by atoms with Crippen LogP contribution in [0.2, 0.25) is 0 Å². The largest absolute Gasteiger partial charge is 0.411 e. The minimum absolute atomic E-state index is 0.00729. The summed E-state index contributed by atoms with van der Waals surface area (Å²) in [5.74, 6) is 0. The van der Waals surface area contributed by atoms with Gasteiger partial charge in [-0.25, -0.2) is 0 Å². The first-order chi connectivity index (χ1) is 9.18. The van der Waals surface area contributed by atoms with Crippen molar-refractivity contribution in [3.63, 3.8) is 0 Å². The molecule has 20 heavy (non-hydrogen) atoms. The van der Waals surface area contributed by atoms with E-state index in [1.165, 1.54) is 6.20 Å². The van der Waals surface area contributed by atoms with Gasteiger partial charge in [0, 0.05) is 23.6 Å². The van der Waals surface area contributed by atoms with Crippen LogP contribution in [-0.2, 0) is 17.4 Å². The van der Waals surface area contributed by atoms with Gasteiger partial charge >= 0.3 is 0 Å². The van der Waals surface area contributed by atoms with Crippen LogP contribution in [0.25, 0.3) is 0 Å². The maximum absolute atomic E-state index is 9.21. The van der Waals surface area contributed by atoms with E-state index in [0.29, 0.717) is 0 Å². The maximum atomic E-state index is 9.21. The molecule has 0 atom stereocenters. The van der Waals surface area contributed by atoms with Gasteiger partial charge < -0.3 is 5.21 Å². The zero-order chi connectivity index (χ0) is 15.0. The molecule has 0 unspecified atom stereocenters. The molecule has 0 bridgehead atoms. The molecule has 0 saturated carbocycles. The molecule has 2 rings (SSSR count). The average Bonchev–Trinajstić information content (AvgIpc) is 2.94. The quantitative estimate of drug-likeness (QED) is 0.862. The fraction of sp³-hybridized carbons (Fsp3) is 0.692. The Kier molecular flexibility index (Phi) is 3.54. The zero-order valence-corrected chi connectivity index (χ0v) is 12.7. The van der Waals surface area contributed by atoms with Crippen molar-refractivity contribution in [2.24, 2.45) is 0 Å². The van der Waals surface area contributed by atoms with Crippen molar-refractivity contribution in [2.45, 2.75) is 58.4 Å². The van der Waals surface area contributed by atoms with E-state index in [-0.39, 0.29) is 10.8 Å². The van der Waals surface area contributed by atoms with Gasteiger partial charge in [-0.05, 0) is 11.6 Å². The molecule has 0 aromatic carbocycles. The second-order valence-corrected chi connectivity index (χ2v) is 6.77. The van der Waals surface area contributed by atoms with Gasteiger partial charge in [-0.2, -0.15) is 0 Å². The smallest absolute Gasteiger partial charge is 0.0921 e. The second kappa shape index (κ2) is 4.88. The summed E-state index contributed by atoms with van der Waals surface area (Å²) in [6.07, 6.45) is 4.35. The Morgan fingerprint density at radius 2 is 1.65 bits per heavy atom. The highest BCUT2D eigenvalue weighted by Crippen LogP contribution is 2.25. The van der Waals surface area contributed by atoms with E-state index >= 15 is 0 Å². The Balaban J connectivity index is 2.03. The molecule has 0 aliphatic heterocycles. The highest BCUT2D eigenvalue weighted by molar-refractivity contribution is 5.09. The fourth-order valence-electron chi connectivity index (χ4n) is 1.84. The molecule has 7 heteroatoms. The van der Waals surface area contributed by atoms with Gasteiger partial charge in [0.25, 0.3) is 0 Å². The van der Waals surface area contributed by atoms with E-state index in [4.69, 9.17) is 0 Å². The molecule has 0 aliphatic rings. The lowest BCUT2D eigenvalue weighted by molar-refractivity contribution is 0.143. The van der Waals surface area contributed by atoms with Crippen molar-refractivity contribution < 1.29 is 5.21 Å². The summed E-state index contributed by atoms with van der Waals surface area (Å²) >= 11 is 0. The van der Waals surface area contributed by atoms with Gasteiger partial charge in [0.15, 0.2) is 0 Å². The number of hydrogen-bond acceptors (Lipinski definition) is 5. The molecular formula is C13H22N6O. The lowest BCUT2D eigenvalue weighted by atomic mass is 9.86. The first-order valence-corrected chi connectivity index (χ1v) is 6.71. The highest BCUT2D eigenvalue weighted by Gasteiger charge is 2.25. The van der Waals surface area contributed by atoms with Crippen LogP contribution in [0.5, 0.6) is 0 Å². The summed E-state index contributed by atoms with van der Waals surface area (Å²) in [6.45, 7) is 11.2. The van der Waals surface area contributed by atoms with Crippen LogP contribution in [0.4, 0.5) is 0 Å². The van der Waals surface area contributed by atoms with Crippen molar-refractivity contribution in [1.29, 1.82) is 0 Å². The molecule has 2 aromatic rings. The predicted octanol–water partition coefficient (Wildman–Crippen LogP) is 1.77.